The number of esters is 6. The monoisotopic (exact) mass is 1140 g/mol. The van der Waals surface area contributed by atoms with Crippen LogP contribution in [0.3, 0.4) is 0 Å². The summed E-state index contributed by atoms with van der Waals surface area (Å²) in [5, 5.41) is 11.6. The molecular formula is C66H67N3O15. The quantitative estimate of drug-likeness (QED) is 0.0261. The lowest BCUT2D eigenvalue weighted by molar-refractivity contribution is -0.173. The molecule has 0 aliphatic carbocycles. The summed E-state index contributed by atoms with van der Waals surface area (Å²) in [6.45, 7) is 21.9. The number of benzene rings is 5. The number of hydrogen-bond donors (Lipinski definition) is 1. The van der Waals surface area contributed by atoms with Crippen LogP contribution in [0.5, 0.6) is 11.5 Å². The lowest BCUT2D eigenvalue weighted by Crippen LogP contribution is -2.47. The molecule has 0 saturated heterocycles. The molecule has 6 aromatic rings. The van der Waals surface area contributed by atoms with E-state index < -0.39 is 106 Å². The van der Waals surface area contributed by atoms with Crippen molar-refractivity contribution in [1.82, 2.24) is 15.0 Å². The minimum Gasteiger partial charge on any atom is -0.507 e. The van der Waals surface area contributed by atoms with Gasteiger partial charge < -0.3 is 43.0 Å². The molecule has 436 valence electrons. The average Bonchev–Trinajstić information content (AvgIpc) is 3.20. The van der Waals surface area contributed by atoms with Gasteiger partial charge in [0, 0.05) is 45.1 Å². The number of rotatable bonds is 29. The first-order chi connectivity index (χ1) is 40.0. The van der Waals surface area contributed by atoms with Gasteiger partial charge in [0.15, 0.2) is 23.6 Å². The predicted molar refractivity (Wildman–Crippen MR) is 314 cm³/mol. The smallest absolute Gasteiger partial charge is 0.347 e. The van der Waals surface area contributed by atoms with Gasteiger partial charge in [0.2, 0.25) is 0 Å². The number of nitrogens with zero attached hydrogens (tertiary/aromatic N) is 3. The molecule has 1 atom stereocenters. The molecule has 0 bridgehead atoms. The summed E-state index contributed by atoms with van der Waals surface area (Å²) < 4.78 is 45.8. The fourth-order valence-corrected chi connectivity index (χ4v) is 7.70. The van der Waals surface area contributed by atoms with Crippen LogP contribution in [0.25, 0.3) is 56.4 Å². The van der Waals surface area contributed by atoms with Crippen molar-refractivity contribution in [3.8, 4) is 67.9 Å². The van der Waals surface area contributed by atoms with Crippen molar-refractivity contribution in [2.45, 2.75) is 47.6 Å². The molecule has 18 nitrogen and oxygen atoms in total. The van der Waals surface area contributed by atoms with E-state index in [4.69, 9.17) is 52.8 Å². The van der Waals surface area contributed by atoms with Gasteiger partial charge in [-0.15, -0.1) is 0 Å². The first-order valence-electron chi connectivity index (χ1n) is 26.4. The Bertz CT molecular complexity index is 3220. The van der Waals surface area contributed by atoms with Crippen LogP contribution in [0.1, 0.15) is 41.5 Å². The molecule has 0 amide bonds. The molecule has 0 radical (unpaired) electrons. The number of carbonyl (C=O) groups excluding carboxylic acids is 6. The standard InChI is InChI=1S/C66H67N3O15/c1-41(2)59(71)78-35-65(36-79-60(72)42(3)4,37-80-61(73)43(5)6)33-77-34-66(38-81-62(74)44(7)8,39-82-63(75)45(9)10)40-83-64(76)46(11)84-53-30-31-54(55(70)32-53)58-68-56(51-26-22-49(23-27-51)47-18-14-12-15-19-47)67-57(69-58)52-28-24-50(25-29-52)48-20-16-13-17-21-48/h12-32,46,70H,1,3,5,7,9,33-40H2,2,4,6,8,10-11H3. The molecule has 1 unspecified atom stereocenters. The van der Waals surface area contributed by atoms with Gasteiger partial charge >= 0.3 is 35.8 Å². The van der Waals surface area contributed by atoms with Crippen LogP contribution in [0.2, 0.25) is 0 Å². The zero-order chi connectivity index (χ0) is 61.1. The summed E-state index contributed by atoms with van der Waals surface area (Å²) in [6.07, 6.45) is -1.36. The number of carbonyl (C=O) groups is 6. The zero-order valence-electron chi connectivity index (χ0n) is 47.9. The van der Waals surface area contributed by atoms with Crippen molar-refractivity contribution in [3.05, 3.63) is 188 Å². The summed E-state index contributed by atoms with van der Waals surface area (Å²) in [6, 6.07) is 39.8. The van der Waals surface area contributed by atoms with Gasteiger partial charge in [-0.05, 0) is 75.9 Å². The lowest BCUT2D eigenvalue weighted by atomic mass is 9.90. The molecule has 1 heterocycles. The Hall–Kier alpha value is -9.81. The maximum atomic E-state index is 14.0. The molecule has 0 aliphatic heterocycles. The van der Waals surface area contributed by atoms with Crippen LogP contribution in [-0.4, -0.2) is 115 Å². The van der Waals surface area contributed by atoms with Gasteiger partial charge in [-0.1, -0.05) is 142 Å². The molecule has 84 heavy (non-hydrogen) atoms. The SMILES string of the molecule is C=C(C)C(=O)OCC(COCC(COC(=O)C(=C)C)(COC(=O)C(=C)C)COC(=O)C(C)Oc1ccc(-c2nc(-c3ccc(-c4ccccc4)cc3)nc(-c3ccc(-c4ccccc4)cc3)n2)c(O)c1)(COC(=O)C(=C)C)COC(=O)C(=C)C. The largest absolute Gasteiger partial charge is 0.507 e. The summed E-state index contributed by atoms with van der Waals surface area (Å²) >= 11 is 0. The highest BCUT2D eigenvalue weighted by atomic mass is 16.6. The van der Waals surface area contributed by atoms with Crippen LogP contribution in [0, 0.1) is 10.8 Å². The van der Waals surface area contributed by atoms with Gasteiger partial charge in [0.1, 0.15) is 51.1 Å². The van der Waals surface area contributed by atoms with Crippen LogP contribution in [0.4, 0.5) is 0 Å². The van der Waals surface area contributed by atoms with E-state index in [1.807, 2.05) is 109 Å². The van der Waals surface area contributed by atoms with E-state index in [1.54, 1.807) is 0 Å². The molecule has 6 rings (SSSR count). The Morgan fingerprint density at radius 3 is 1.06 bits per heavy atom. The van der Waals surface area contributed by atoms with Crippen molar-refractivity contribution in [3.63, 3.8) is 0 Å². The first-order valence-corrected chi connectivity index (χ1v) is 26.4. The number of aromatic nitrogens is 3. The topological polar surface area (TPSA) is 235 Å². The minimum atomic E-state index is -1.72. The van der Waals surface area contributed by atoms with E-state index in [-0.39, 0.29) is 50.8 Å². The predicted octanol–water partition coefficient (Wildman–Crippen LogP) is 10.8. The van der Waals surface area contributed by atoms with Gasteiger partial charge in [-0.25, -0.2) is 43.7 Å². The first kappa shape index (κ1) is 63.4. The second-order valence-corrected chi connectivity index (χ2v) is 20.5. The second kappa shape index (κ2) is 29.3. The van der Waals surface area contributed by atoms with E-state index in [0.717, 1.165) is 22.3 Å². The van der Waals surface area contributed by atoms with E-state index in [1.165, 1.54) is 59.7 Å². The molecule has 0 spiro atoms. The average molecular weight is 1140 g/mol. The minimum absolute atomic E-state index is 0.00746. The summed E-state index contributed by atoms with van der Waals surface area (Å²) in [4.78, 5) is 92.6. The molecule has 0 saturated carbocycles. The Kier molecular flexibility index (Phi) is 22.1. The van der Waals surface area contributed by atoms with Crippen molar-refractivity contribution in [1.29, 1.82) is 0 Å². The molecule has 5 aromatic carbocycles. The van der Waals surface area contributed by atoms with Crippen LogP contribution < -0.4 is 4.74 Å². The van der Waals surface area contributed by atoms with Crippen LogP contribution >= 0.6 is 0 Å². The third-order valence-electron chi connectivity index (χ3n) is 12.6. The summed E-state index contributed by atoms with van der Waals surface area (Å²) in [5.41, 5.74) is 2.44. The molecule has 18 heteroatoms. The zero-order valence-corrected chi connectivity index (χ0v) is 47.9. The fraction of sp³-hybridized carbons (Fsp3) is 0.258. The Balaban J connectivity index is 1.27. The number of ether oxygens (including phenoxy) is 8. The lowest BCUT2D eigenvalue weighted by Gasteiger charge is -2.35. The number of hydrogen-bond acceptors (Lipinski definition) is 18. The van der Waals surface area contributed by atoms with Crippen molar-refractivity contribution >= 4 is 35.8 Å². The van der Waals surface area contributed by atoms with E-state index in [9.17, 15) is 33.9 Å². The highest BCUT2D eigenvalue weighted by Crippen LogP contribution is 2.35. The Morgan fingerprint density at radius 2 is 0.726 bits per heavy atom. The molecule has 0 aliphatic rings. The third-order valence-corrected chi connectivity index (χ3v) is 12.6. The van der Waals surface area contributed by atoms with E-state index in [2.05, 4.69) is 32.9 Å². The Labute approximate surface area is 488 Å². The molecule has 1 N–H and O–H groups in total. The van der Waals surface area contributed by atoms with Crippen molar-refractivity contribution in [2.24, 2.45) is 10.8 Å². The maximum Gasteiger partial charge on any atom is 0.347 e. The van der Waals surface area contributed by atoms with Crippen LogP contribution in [-0.2, 0) is 61.9 Å². The fourth-order valence-electron chi connectivity index (χ4n) is 7.70. The number of phenols is 1. The van der Waals surface area contributed by atoms with Crippen LogP contribution in [0.15, 0.2) is 188 Å². The normalized spacial score (nSPS) is 11.5. The van der Waals surface area contributed by atoms with E-state index >= 15 is 0 Å². The number of phenolic OH excluding ortho intramolecular Hbond substituents is 1. The van der Waals surface area contributed by atoms with Gasteiger partial charge in [0.05, 0.1) is 29.6 Å². The van der Waals surface area contributed by atoms with E-state index in [0.29, 0.717) is 22.8 Å². The summed E-state index contributed by atoms with van der Waals surface area (Å²) in [5.74, 6) is -4.54. The van der Waals surface area contributed by atoms with Crippen molar-refractivity contribution < 1.29 is 71.8 Å². The highest BCUT2D eigenvalue weighted by molar-refractivity contribution is 5.89. The molecule has 0 fully saturated rings. The van der Waals surface area contributed by atoms with Gasteiger partial charge in [0.25, 0.3) is 0 Å². The second-order valence-electron chi connectivity index (χ2n) is 20.5. The van der Waals surface area contributed by atoms with Gasteiger partial charge in [-0.2, -0.15) is 0 Å². The number of aromatic hydroxyl groups is 1. The molecule has 1 aromatic heterocycles. The van der Waals surface area contributed by atoms with Gasteiger partial charge in [-0.3, -0.25) is 0 Å². The summed E-state index contributed by atoms with van der Waals surface area (Å²) in [7, 11) is 0. The third kappa shape index (κ3) is 17.8. The molecular weight excluding hydrogens is 1070 g/mol. The van der Waals surface area contributed by atoms with Crippen molar-refractivity contribution in [2.75, 3.05) is 52.9 Å². The highest BCUT2D eigenvalue weighted by Gasteiger charge is 2.41. The Morgan fingerprint density at radius 1 is 0.417 bits per heavy atom. The maximum absolute atomic E-state index is 14.0.